The minimum Gasteiger partial charge on any atom is -0.346 e. The second-order valence-corrected chi connectivity index (χ2v) is 8.03. The molecule has 8 heteroatoms. The summed E-state index contributed by atoms with van der Waals surface area (Å²) in [5.74, 6) is 0.623. The zero-order chi connectivity index (χ0) is 21.9. The highest BCUT2D eigenvalue weighted by atomic mass is 16.1. The quantitative estimate of drug-likeness (QED) is 0.392. The number of nitrogens with zero attached hydrogens (tertiary/aromatic N) is 4. The summed E-state index contributed by atoms with van der Waals surface area (Å²) >= 11 is 0. The maximum absolute atomic E-state index is 13.3. The molecule has 8 nitrogen and oxygen atoms in total. The fourth-order valence-corrected chi connectivity index (χ4v) is 4.75. The standard InChI is InChI=1S/C25H17N7O/c33-25(15-7-11-28-23-14(15)6-10-27-23)31-21-16-3-1-4-17(22(16)32-12-2-5-20(21)32)24-29-18-8-9-26-13-19(18)30-24/h1-13,21H,(H,27,28)(H,29,30)(H,31,33). The molecule has 1 aliphatic heterocycles. The van der Waals surface area contributed by atoms with Crippen molar-refractivity contribution in [1.29, 1.82) is 0 Å². The predicted molar refractivity (Wildman–Crippen MR) is 124 cm³/mol. The average Bonchev–Trinajstić information content (AvgIpc) is 3.62. The molecule has 1 amide bonds. The molecule has 0 saturated carbocycles. The summed E-state index contributed by atoms with van der Waals surface area (Å²) in [5.41, 5.74) is 7.03. The van der Waals surface area contributed by atoms with E-state index in [0.717, 1.165) is 44.8 Å². The van der Waals surface area contributed by atoms with Gasteiger partial charge in [-0.3, -0.25) is 9.78 Å². The molecule has 6 heterocycles. The zero-order valence-corrected chi connectivity index (χ0v) is 17.3. The molecule has 33 heavy (non-hydrogen) atoms. The number of hydrogen-bond acceptors (Lipinski definition) is 4. The molecule has 1 aliphatic rings. The van der Waals surface area contributed by atoms with Crippen LogP contribution in [0.2, 0.25) is 0 Å². The minimum absolute atomic E-state index is 0.146. The van der Waals surface area contributed by atoms with E-state index in [1.165, 1.54) is 0 Å². The largest absolute Gasteiger partial charge is 0.346 e. The number of para-hydroxylation sites is 1. The van der Waals surface area contributed by atoms with E-state index in [0.29, 0.717) is 11.2 Å². The number of aromatic nitrogens is 6. The molecule has 6 aromatic rings. The van der Waals surface area contributed by atoms with E-state index in [4.69, 9.17) is 4.98 Å². The van der Waals surface area contributed by atoms with Crippen LogP contribution in [-0.4, -0.2) is 35.4 Å². The molecular formula is C25H17N7O. The summed E-state index contributed by atoms with van der Waals surface area (Å²) in [5, 5.41) is 4.04. The molecule has 0 saturated heterocycles. The first-order valence-corrected chi connectivity index (χ1v) is 10.6. The van der Waals surface area contributed by atoms with Gasteiger partial charge in [0.25, 0.3) is 5.91 Å². The Morgan fingerprint density at radius 1 is 1.06 bits per heavy atom. The summed E-state index contributed by atoms with van der Waals surface area (Å²) in [4.78, 5) is 33.0. The first kappa shape index (κ1) is 17.9. The van der Waals surface area contributed by atoms with Crippen molar-refractivity contribution >= 4 is 28.0 Å². The van der Waals surface area contributed by atoms with Crippen LogP contribution in [0, 0.1) is 0 Å². The number of carbonyl (C=O) groups excluding carboxylic acids is 1. The van der Waals surface area contributed by atoms with Crippen molar-refractivity contribution in [1.82, 2.24) is 34.8 Å². The number of pyridine rings is 2. The van der Waals surface area contributed by atoms with E-state index in [-0.39, 0.29) is 11.9 Å². The van der Waals surface area contributed by atoms with Gasteiger partial charge in [0.05, 0.1) is 34.5 Å². The van der Waals surface area contributed by atoms with Crippen LogP contribution in [0.4, 0.5) is 0 Å². The van der Waals surface area contributed by atoms with Crippen LogP contribution in [0.5, 0.6) is 0 Å². The van der Waals surface area contributed by atoms with Gasteiger partial charge in [-0.15, -0.1) is 0 Å². The second kappa shape index (κ2) is 6.64. The van der Waals surface area contributed by atoms with Crippen molar-refractivity contribution in [3.05, 3.63) is 96.3 Å². The van der Waals surface area contributed by atoms with Crippen molar-refractivity contribution in [3.8, 4) is 17.1 Å². The van der Waals surface area contributed by atoms with Gasteiger partial charge in [-0.05, 0) is 36.4 Å². The summed E-state index contributed by atoms with van der Waals surface area (Å²) in [7, 11) is 0. The van der Waals surface area contributed by atoms with Crippen LogP contribution < -0.4 is 5.32 Å². The van der Waals surface area contributed by atoms with E-state index in [9.17, 15) is 4.79 Å². The Labute approximate surface area is 187 Å². The van der Waals surface area contributed by atoms with Gasteiger partial charge >= 0.3 is 0 Å². The van der Waals surface area contributed by atoms with Gasteiger partial charge in [0.15, 0.2) is 0 Å². The zero-order valence-electron chi connectivity index (χ0n) is 17.3. The maximum Gasteiger partial charge on any atom is 0.252 e. The van der Waals surface area contributed by atoms with Gasteiger partial charge in [-0.2, -0.15) is 0 Å². The molecule has 0 radical (unpaired) electrons. The van der Waals surface area contributed by atoms with E-state index in [1.54, 1.807) is 30.9 Å². The molecular weight excluding hydrogens is 414 g/mol. The van der Waals surface area contributed by atoms with Crippen LogP contribution in [0.15, 0.2) is 79.5 Å². The lowest BCUT2D eigenvalue weighted by molar-refractivity contribution is 0.0945. The third-order valence-corrected chi connectivity index (χ3v) is 6.21. The molecule has 1 unspecified atom stereocenters. The average molecular weight is 431 g/mol. The normalized spacial score (nSPS) is 14.5. The van der Waals surface area contributed by atoms with E-state index >= 15 is 0 Å². The van der Waals surface area contributed by atoms with Crippen LogP contribution >= 0.6 is 0 Å². The van der Waals surface area contributed by atoms with Crippen molar-refractivity contribution < 1.29 is 4.79 Å². The van der Waals surface area contributed by atoms with Crippen LogP contribution in [0.25, 0.3) is 39.1 Å². The van der Waals surface area contributed by atoms with Crippen LogP contribution in [-0.2, 0) is 0 Å². The Bertz CT molecular complexity index is 1660. The number of carbonyl (C=O) groups is 1. The fourth-order valence-electron chi connectivity index (χ4n) is 4.75. The van der Waals surface area contributed by atoms with Gasteiger partial charge in [0, 0.05) is 47.0 Å². The molecule has 3 N–H and O–H groups in total. The monoisotopic (exact) mass is 431 g/mol. The third-order valence-electron chi connectivity index (χ3n) is 6.21. The number of imidazole rings is 1. The smallest absolute Gasteiger partial charge is 0.252 e. The highest BCUT2D eigenvalue weighted by Crippen LogP contribution is 2.41. The molecule has 0 fully saturated rings. The SMILES string of the molecule is O=C(NC1c2cccc(-c3nc4ccncc4[nH]3)c2-n2cccc21)c1ccnc2[nH]ccc12. The lowest BCUT2D eigenvalue weighted by atomic mass is 10.0. The topological polar surface area (TPSA) is 104 Å². The number of fused-ring (bicyclic) bond motifs is 5. The van der Waals surface area contributed by atoms with E-state index in [2.05, 4.69) is 35.9 Å². The highest BCUT2D eigenvalue weighted by Gasteiger charge is 2.32. The van der Waals surface area contributed by atoms with Gasteiger partial charge in [-0.25, -0.2) is 9.97 Å². The summed E-state index contributed by atoms with van der Waals surface area (Å²) < 4.78 is 2.12. The van der Waals surface area contributed by atoms with Gasteiger partial charge in [0.1, 0.15) is 11.5 Å². The molecule has 0 aliphatic carbocycles. The summed E-state index contributed by atoms with van der Waals surface area (Å²) in [6.07, 6.45) is 8.96. The lowest BCUT2D eigenvalue weighted by Gasteiger charge is -2.15. The molecule has 7 rings (SSSR count). The lowest BCUT2D eigenvalue weighted by Crippen LogP contribution is -2.28. The van der Waals surface area contributed by atoms with Crippen molar-refractivity contribution in [2.75, 3.05) is 0 Å². The first-order valence-electron chi connectivity index (χ1n) is 10.6. The van der Waals surface area contributed by atoms with Crippen molar-refractivity contribution in [3.63, 3.8) is 0 Å². The molecule has 1 atom stereocenters. The van der Waals surface area contributed by atoms with E-state index < -0.39 is 0 Å². The number of benzene rings is 1. The summed E-state index contributed by atoms with van der Waals surface area (Å²) in [6.45, 7) is 0. The third kappa shape index (κ3) is 2.58. The Kier molecular flexibility index (Phi) is 3.60. The second-order valence-electron chi connectivity index (χ2n) is 8.03. The Balaban J connectivity index is 1.34. The number of hydrogen-bond donors (Lipinski definition) is 3. The Hall–Kier alpha value is -4.72. The molecule has 158 valence electrons. The first-order chi connectivity index (χ1) is 16.3. The number of aromatic amines is 2. The van der Waals surface area contributed by atoms with Crippen molar-refractivity contribution in [2.24, 2.45) is 0 Å². The molecule has 1 aromatic carbocycles. The molecule has 0 bridgehead atoms. The Morgan fingerprint density at radius 2 is 2.03 bits per heavy atom. The molecule has 5 aromatic heterocycles. The highest BCUT2D eigenvalue weighted by molar-refractivity contribution is 6.05. The van der Waals surface area contributed by atoms with Crippen LogP contribution in [0.3, 0.4) is 0 Å². The van der Waals surface area contributed by atoms with Gasteiger partial charge < -0.3 is 19.9 Å². The van der Waals surface area contributed by atoms with Gasteiger partial charge in [-0.1, -0.05) is 12.1 Å². The number of nitrogens with one attached hydrogen (secondary N) is 3. The Morgan fingerprint density at radius 3 is 2.97 bits per heavy atom. The number of rotatable bonds is 3. The minimum atomic E-state index is -0.282. The van der Waals surface area contributed by atoms with Gasteiger partial charge in [0.2, 0.25) is 0 Å². The maximum atomic E-state index is 13.3. The number of amides is 1. The molecule has 0 spiro atoms. The number of H-pyrrole nitrogens is 2. The fraction of sp³-hybridized carbons (Fsp3) is 0.0400. The summed E-state index contributed by atoms with van der Waals surface area (Å²) in [6, 6.07) is 15.4. The van der Waals surface area contributed by atoms with Crippen LogP contribution in [0.1, 0.15) is 27.7 Å². The van der Waals surface area contributed by atoms with E-state index in [1.807, 2.05) is 42.6 Å². The van der Waals surface area contributed by atoms with Crippen molar-refractivity contribution in [2.45, 2.75) is 6.04 Å². The predicted octanol–water partition coefficient (Wildman–Crippen LogP) is 4.12.